The monoisotopic (exact) mass is 442 g/mol. The van der Waals surface area contributed by atoms with Gasteiger partial charge in [0.15, 0.2) is 5.82 Å². The normalized spacial score (nSPS) is 18.3. The van der Waals surface area contributed by atoms with Gasteiger partial charge in [-0.05, 0) is 63.3 Å². The number of hydrogen-bond donors (Lipinski definition) is 2. The van der Waals surface area contributed by atoms with Crippen LogP contribution in [0.1, 0.15) is 52.9 Å². The fourth-order valence-corrected chi connectivity index (χ4v) is 5.93. The predicted octanol–water partition coefficient (Wildman–Crippen LogP) is 2.45. The van der Waals surface area contributed by atoms with Gasteiger partial charge >= 0.3 is 0 Å². The molecule has 0 aromatic carbocycles. The number of nitrogens with two attached hydrogens (primary N) is 1. The Balaban J connectivity index is 1.31. The molecule has 1 aliphatic carbocycles. The number of likely N-dealkylation sites (N-methyl/N-ethyl adjacent to an activating group) is 1. The number of rotatable bonds is 8. The van der Waals surface area contributed by atoms with Crippen molar-refractivity contribution in [3.63, 3.8) is 0 Å². The summed E-state index contributed by atoms with van der Waals surface area (Å²) < 4.78 is 0. The van der Waals surface area contributed by atoms with Crippen LogP contribution in [0.5, 0.6) is 0 Å². The molecule has 1 atom stereocenters. The van der Waals surface area contributed by atoms with E-state index < -0.39 is 5.91 Å². The molecule has 1 saturated heterocycles. The second kappa shape index (κ2) is 9.74. The highest BCUT2D eigenvalue weighted by atomic mass is 32.1. The lowest BCUT2D eigenvalue weighted by molar-refractivity contribution is -0.116. The fraction of sp³-hybridized carbons (Fsp3) is 0.545. The summed E-state index contributed by atoms with van der Waals surface area (Å²) in [5.74, 6) is 0.388. The Morgan fingerprint density at radius 3 is 2.94 bits per heavy atom. The van der Waals surface area contributed by atoms with Crippen molar-refractivity contribution in [2.75, 3.05) is 36.9 Å². The van der Waals surface area contributed by atoms with Gasteiger partial charge in [0.1, 0.15) is 5.00 Å². The lowest BCUT2D eigenvalue weighted by atomic mass is 9.95. The van der Waals surface area contributed by atoms with Crippen molar-refractivity contribution in [1.82, 2.24) is 15.1 Å². The number of carbonyl (C=O) groups is 2. The number of fused-ring (bicyclic) bond motifs is 1. The van der Waals surface area contributed by atoms with E-state index in [0.29, 0.717) is 29.6 Å². The molecule has 2 aromatic heterocycles. The summed E-state index contributed by atoms with van der Waals surface area (Å²) in [5, 5.41) is 11.8. The maximum Gasteiger partial charge on any atom is 0.251 e. The van der Waals surface area contributed by atoms with Crippen LogP contribution in [-0.4, -0.2) is 59.6 Å². The minimum absolute atomic E-state index is 0.0786. The lowest BCUT2D eigenvalue weighted by Crippen LogP contribution is -2.40. The quantitative estimate of drug-likeness (QED) is 0.651. The number of anilines is 2. The first-order valence-electron chi connectivity index (χ1n) is 11.0. The second-order valence-corrected chi connectivity index (χ2v) is 9.52. The van der Waals surface area contributed by atoms with E-state index in [2.05, 4.69) is 25.3 Å². The number of amides is 2. The summed E-state index contributed by atoms with van der Waals surface area (Å²) in [7, 11) is 2.04. The van der Waals surface area contributed by atoms with E-state index in [1.165, 1.54) is 16.2 Å². The van der Waals surface area contributed by atoms with Gasteiger partial charge < -0.3 is 20.9 Å². The number of hydrogen-bond acceptors (Lipinski definition) is 7. The average molecular weight is 443 g/mol. The van der Waals surface area contributed by atoms with E-state index in [1.54, 1.807) is 6.20 Å². The summed E-state index contributed by atoms with van der Waals surface area (Å²) in [6, 6.07) is 4.28. The zero-order valence-electron chi connectivity index (χ0n) is 18.0. The van der Waals surface area contributed by atoms with E-state index in [4.69, 9.17) is 5.73 Å². The Bertz CT molecular complexity index is 932. The van der Waals surface area contributed by atoms with Crippen LogP contribution in [0, 0.1) is 0 Å². The molecule has 4 rings (SSSR count). The van der Waals surface area contributed by atoms with E-state index >= 15 is 0 Å². The maximum absolute atomic E-state index is 12.6. The maximum atomic E-state index is 12.6. The van der Waals surface area contributed by atoms with E-state index in [-0.39, 0.29) is 5.91 Å². The Morgan fingerprint density at radius 1 is 1.32 bits per heavy atom. The number of carbonyl (C=O) groups excluding carboxylic acids is 2. The molecule has 2 aliphatic rings. The van der Waals surface area contributed by atoms with Gasteiger partial charge in [-0.2, -0.15) is 5.10 Å². The predicted molar refractivity (Wildman–Crippen MR) is 123 cm³/mol. The molecule has 0 bridgehead atoms. The summed E-state index contributed by atoms with van der Waals surface area (Å²) >= 11 is 1.51. The van der Waals surface area contributed by atoms with Crippen LogP contribution in [-0.2, 0) is 17.6 Å². The zero-order valence-corrected chi connectivity index (χ0v) is 18.8. The van der Waals surface area contributed by atoms with Crippen LogP contribution in [0.3, 0.4) is 0 Å². The van der Waals surface area contributed by atoms with Gasteiger partial charge in [0.2, 0.25) is 5.91 Å². The van der Waals surface area contributed by atoms with Gasteiger partial charge in [0, 0.05) is 43.2 Å². The first kappa shape index (κ1) is 21.7. The molecule has 31 heavy (non-hydrogen) atoms. The molecule has 8 nitrogen and oxygen atoms in total. The second-order valence-electron chi connectivity index (χ2n) is 8.41. The van der Waals surface area contributed by atoms with Crippen molar-refractivity contribution in [1.29, 1.82) is 0 Å². The molecule has 1 aliphatic heterocycles. The molecule has 0 saturated carbocycles. The average Bonchev–Trinajstić information content (AvgIpc) is 3.36. The smallest absolute Gasteiger partial charge is 0.251 e. The topological polar surface area (TPSA) is 104 Å². The van der Waals surface area contributed by atoms with Crippen molar-refractivity contribution < 1.29 is 9.59 Å². The Labute approximate surface area is 186 Å². The van der Waals surface area contributed by atoms with Gasteiger partial charge in [0.25, 0.3) is 5.91 Å². The Morgan fingerprint density at radius 2 is 2.16 bits per heavy atom. The number of nitrogens with one attached hydrogen (secondary N) is 1. The van der Waals surface area contributed by atoms with E-state index in [9.17, 15) is 9.59 Å². The van der Waals surface area contributed by atoms with Crippen molar-refractivity contribution in [2.45, 2.75) is 51.0 Å². The summed E-state index contributed by atoms with van der Waals surface area (Å²) in [4.78, 5) is 30.3. The first-order valence-corrected chi connectivity index (χ1v) is 11.8. The Hall–Kier alpha value is -2.52. The minimum atomic E-state index is -0.447. The van der Waals surface area contributed by atoms with Gasteiger partial charge in [0.05, 0.1) is 5.56 Å². The van der Waals surface area contributed by atoms with Crippen LogP contribution in [0.25, 0.3) is 0 Å². The molecule has 3 N–H and O–H groups in total. The minimum Gasteiger partial charge on any atom is -0.365 e. The number of nitrogens with zero attached hydrogens (tertiary/aromatic N) is 4. The third-order valence-electron chi connectivity index (χ3n) is 6.14. The molecule has 2 amide bonds. The fourth-order valence-electron chi connectivity index (χ4n) is 4.62. The molecule has 9 heteroatoms. The molecule has 1 fully saturated rings. The van der Waals surface area contributed by atoms with Crippen LogP contribution >= 0.6 is 11.3 Å². The molecular formula is C22H30N6O2S. The van der Waals surface area contributed by atoms with Gasteiger partial charge in [-0.3, -0.25) is 9.59 Å². The zero-order chi connectivity index (χ0) is 21.8. The molecule has 2 aromatic rings. The van der Waals surface area contributed by atoms with E-state index in [1.807, 2.05) is 19.2 Å². The molecule has 0 radical (unpaired) electrons. The molecule has 0 spiro atoms. The van der Waals surface area contributed by atoms with E-state index in [0.717, 1.165) is 63.0 Å². The van der Waals surface area contributed by atoms with Crippen molar-refractivity contribution in [2.24, 2.45) is 5.73 Å². The van der Waals surface area contributed by atoms with Gasteiger partial charge in [-0.25, -0.2) is 0 Å². The largest absolute Gasteiger partial charge is 0.365 e. The molecule has 3 heterocycles. The first-order chi connectivity index (χ1) is 15.0. The molecule has 166 valence electrons. The Kier molecular flexibility index (Phi) is 6.82. The number of primary amides is 1. The van der Waals surface area contributed by atoms with Gasteiger partial charge in [-0.1, -0.05) is 0 Å². The van der Waals surface area contributed by atoms with Crippen molar-refractivity contribution in [3.05, 3.63) is 34.3 Å². The SMILES string of the molecule is CN(CCC(=O)Nc1sc2c(c1C(N)=O)CCCC2)CC1CCCN1c1cccnn1. The highest BCUT2D eigenvalue weighted by Gasteiger charge is 2.27. The summed E-state index contributed by atoms with van der Waals surface area (Å²) in [6.07, 6.45) is 8.31. The highest BCUT2D eigenvalue weighted by Crippen LogP contribution is 2.37. The van der Waals surface area contributed by atoms with Crippen LogP contribution in [0.15, 0.2) is 18.3 Å². The number of aromatic nitrogens is 2. The molecular weight excluding hydrogens is 412 g/mol. The summed E-state index contributed by atoms with van der Waals surface area (Å²) in [5.41, 5.74) is 7.19. The van der Waals surface area contributed by atoms with Crippen LogP contribution in [0.2, 0.25) is 0 Å². The highest BCUT2D eigenvalue weighted by molar-refractivity contribution is 7.17. The van der Waals surface area contributed by atoms with Crippen molar-refractivity contribution >= 4 is 34.0 Å². The van der Waals surface area contributed by atoms with Crippen molar-refractivity contribution in [3.8, 4) is 0 Å². The third kappa shape index (κ3) is 5.04. The summed E-state index contributed by atoms with van der Waals surface area (Å²) in [6.45, 7) is 2.49. The standard InChI is InChI=1S/C22H30N6O2S/c1-27(14-15-6-5-12-28(15)18-9-4-11-24-26-18)13-10-19(29)25-22-20(21(23)30)16-7-2-3-8-17(16)31-22/h4,9,11,15H,2-3,5-8,10,12-14H2,1H3,(H2,23,30)(H,25,29). The van der Waals surface area contributed by atoms with Crippen LogP contribution < -0.4 is 16.0 Å². The molecule has 1 unspecified atom stereocenters. The lowest BCUT2D eigenvalue weighted by Gasteiger charge is -2.29. The third-order valence-corrected chi connectivity index (χ3v) is 7.35. The van der Waals surface area contributed by atoms with Gasteiger partial charge in [-0.15, -0.1) is 16.4 Å². The number of aryl methyl sites for hydroxylation is 1. The van der Waals surface area contributed by atoms with Crippen LogP contribution in [0.4, 0.5) is 10.8 Å². The number of thiophene rings is 1.